The maximum atomic E-state index is 11.6. The van der Waals surface area contributed by atoms with Crippen LogP contribution in [-0.2, 0) is 0 Å². The van der Waals surface area contributed by atoms with Crippen molar-refractivity contribution in [1.82, 2.24) is 15.5 Å². The van der Waals surface area contributed by atoms with Gasteiger partial charge in [-0.15, -0.1) is 10.2 Å². The Balaban J connectivity index is 1.36. The Kier molecular flexibility index (Phi) is 5.50. The van der Waals surface area contributed by atoms with Crippen molar-refractivity contribution in [3.8, 4) is 11.5 Å². The van der Waals surface area contributed by atoms with Gasteiger partial charge in [-0.05, 0) is 49.2 Å². The van der Waals surface area contributed by atoms with Gasteiger partial charge in [-0.1, -0.05) is 0 Å². The van der Waals surface area contributed by atoms with E-state index in [1.807, 2.05) is 24.3 Å². The van der Waals surface area contributed by atoms with Crippen LogP contribution in [0.25, 0.3) is 0 Å². The summed E-state index contributed by atoms with van der Waals surface area (Å²) in [5.74, 6) is 2.60. The average Bonchev–Trinajstić information content (AvgIpc) is 3.44. The highest BCUT2D eigenvalue weighted by Gasteiger charge is 2.23. The van der Waals surface area contributed by atoms with Gasteiger partial charge in [0.05, 0.1) is 13.7 Å². The number of urea groups is 1. The Bertz CT molecular complexity index is 686. The summed E-state index contributed by atoms with van der Waals surface area (Å²) in [4.78, 5) is 11.6. The second kappa shape index (κ2) is 8.18. The third-order valence-corrected chi connectivity index (χ3v) is 3.56. The molecule has 1 saturated carbocycles. The highest BCUT2D eigenvalue weighted by atomic mass is 16.5. The summed E-state index contributed by atoms with van der Waals surface area (Å²) in [6.07, 6.45) is 2.08. The van der Waals surface area contributed by atoms with Gasteiger partial charge in [-0.2, -0.15) is 0 Å². The van der Waals surface area contributed by atoms with Crippen molar-refractivity contribution in [2.45, 2.75) is 18.9 Å². The molecule has 1 aromatic heterocycles. The number of amides is 2. The van der Waals surface area contributed by atoms with Crippen molar-refractivity contribution in [3.05, 3.63) is 36.4 Å². The number of benzene rings is 1. The Morgan fingerprint density at radius 2 is 1.76 bits per heavy atom. The molecular formula is C17H21N5O3. The number of hydrogen-bond donors (Lipinski definition) is 3. The minimum absolute atomic E-state index is 0.245. The van der Waals surface area contributed by atoms with E-state index < -0.39 is 0 Å². The minimum atomic E-state index is -0.245. The maximum Gasteiger partial charge on any atom is 0.320 e. The number of methoxy groups -OCH3 is 1. The molecule has 1 aliphatic carbocycles. The molecule has 0 bridgehead atoms. The van der Waals surface area contributed by atoms with Crippen molar-refractivity contribution < 1.29 is 14.3 Å². The Labute approximate surface area is 145 Å². The van der Waals surface area contributed by atoms with Crippen LogP contribution in [0.1, 0.15) is 12.8 Å². The van der Waals surface area contributed by atoms with Gasteiger partial charge in [0.15, 0.2) is 5.82 Å². The van der Waals surface area contributed by atoms with Crippen LogP contribution in [0.15, 0.2) is 36.4 Å². The molecule has 8 heteroatoms. The molecule has 0 radical (unpaired) electrons. The third kappa shape index (κ3) is 5.52. The molecule has 1 fully saturated rings. The van der Waals surface area contributed by atoms with E-state index in [0.29, 0.717) is 30.8 Å². The zero-order valence-corrected chi connectivity index (χ0v) is 14.0. The third-order valence-electron chi connectivity index (χ3n) is 3.56. The Morgan fingerprint density at radius 3 is 2.40 bits per heavy atom. The smallest absolute Gasteiger partial charge is 0.320 e. The second-order valence-electron chi connectivity index (χ2n) is 5.63. The molecule has 1 aromatic carbocycles. The number of anilines is 2. The monoisotopic (exact) mass is 343 g/mol. The predicted octanol–water partition coefficient (Wildman–Crippen LogP) is 2.26. The lowest BCUT2D eigenvalue weighted by atomic mass is 10.3. The van der Waals surface area contributed by atoms with Crippen LogP contribution in [0.4, 0.5) is 16.4 Å². The number of nitrogens with one attached hydrogen (secondary N) is 3. The summed E-state index contributed by atoms with van der Waals surface area (Å²) in [5.41, 5.74) is 0. The molecule has 3 rings (SSSR count). The first kappa shape index (κ1) is 16.8. The zero-order chi connectivity index (χ0) is 17.5. The molecule has 0 unspecified atom stereocenters. The summed E-state index contributed by atoms with van der Waals surface area (Å²) in [7, 11) is 1.63. The lowest BCUT2D eigenvalue weighted by Crippen LogP contribution is -2.30. The number of carbonyl (C=O) groups is 1. The van der Waals surface area contributed by atoms with Crippen LogP contribution >= 0.6 is 0 Å². The summed E-state index contributed by atoms with van der Waals surface area (Å²) >= 11 is 0. The van der Waals surface area contributed by atoms with E-state index >= 15 is 0 Å². The molecule has 8 nitrogen and oxygen atoms in total. The highest BCUT2D eigenvalue weighted by molar-refractivity contribution is 5.88. The largest absolute Gasteiger partial charge is 0.497 e. The van der Waals surface area contributed by atoms with Crippen LogP contribution in [0.2, 0.25) is 0 Å². The van der Waals surface area contributed by atoms with Crippen LogP contribution in [0, 0.1) is 0 Å². The second-order valence-corrected chi connectivity index (χ2v) is 5.63. The number of rotatable bonds is 8. The first-order valence-electron chi connectivity index (χ1n) is 8.15. The van der Waals surface area contributed by atoms with Gasteiger partial charge in [0, 0.05) is 6.04 Å². The molecule has 132 valence electrons. The summed E-state index contributed by atoms with van der Waals surface area (Å²) in [6, 6.07) is 10.9. The molecule has 0 atom stereocenters. The molecule has 3 N–H and O–H groups in total. The van der Waals surface area contributed by atoms with Gasteiger partial charge in [-0.3, -0.25) is 5.32 Å². The first-order chi connectivity index (χ1) is 12.2. The number of hydrogen-bond acceptors (Lipinski definition) is 6. The van der Waals surface area contributed by atoms with Crippen molar-refractivity contribution in [3.63, 3.8) is 0 Å². The van der Waals surface area contributed by atoms with Crippen LogP contribution in [0.3, 0.4) is 0 Å². The highest BCUT2D eigenvalue weighted by Crippen LogP contribution is 2.19. The summed E-state index contributed by atoms with van der Waals surface area (Å²) in [6.45, 7) is 1.06. The number of nitrogens with zero attached hydrogens (tertiary/aromatic N) is 2. The fourth-order valence-corrected chi connectivity index (χ4v) is 2.08. The van der Waals surface area contributed by atoms with E-state index in [4.69, 9.17) is 9.47 Å². The standard InChI is InChI=1S/C17H21N5O3/c1-24-13-4-6-14(7-5-13)25-11-10-18-15-8-9-16(22-21-15)20-17(23)19-12-2-3-12/h4-9,12H,2-3,10-11H2,1H3,(H,18,21)(H2,19,20,22,23). The van der Waals surface area contributed by atoms with Gasteiger partial charge in [-0.25, -0.2) is 4.79 Å². The average molecular weight is 343 g/mol. The normalized spacial score (nSPS) is 13.0. The van der Waals surface area contributed by atoms with E-state index in [1.165, 1.54) is 0 Å². The van der Waals surface area contributed by atoms with E-state index in [1.54, 1.807) is 19.2 Å². The fourth-order valence-electron chi connectivity index (χ4n) is 2.08. The topological polar surface area (TPSA) is 97.4 Å². The number of ether oxygens (including phenoxy) is 2. The zero-order valence-electron chi connectivity index (χ0n) is 14.0. The molecule has 2 amide bonds. The Hall–Kier alpha value is -3.03. The summed E-state index contributed by atoms with van der Waals surface area (Å²) < 4.78 is 10.7. The molecule has 1 heterocycles. The number of carbonyl (C=O) groups excluding carboxylic acids is 1. The predicted molar refractivity (Wildman–Crippen MR) is 94.2 cm³/mol. The van der Waals surface area contributed by atoms with Gasteiger partial charge >= 0.3 is 6.03 Å². The molecule has 0 saturated heterocycles. The Morgan fingerprint density at radius 1 is 1.08 bits per heavy atom. The van der Waals surface area contributed by atoms with Crippen molar-refractivity contribution in [1.29, 1.82) is 0 Å². The van der Waals surface area contributed by atoms with Gasteiger partial charge in [0.25, 0.3) is 0 Å². The lowest BCUT2D eigenvalue weighted by Gasteiger charge is -2.09. The van der Waals surface area contributed by atoms with Crippen LogP contribution in [0.5, 0.6) is 11.5 Å². The molecule has 0 aliphatic heterocycles. The number of aromatic nitrogens is 2. The van der Waals surface area contributed by atoms with E-state index in [0.717, 1.165) is 24.3 Å². The molecular weight excluding hydrogens is 322 g/mol. The lowest BCUT2D eigenvalue weighted by molar-refractivity contribution is 0.251. The summed E-state index contributed by atoms with van der Waals surface area (Å²) in [5, 5.41) is 16.6. The van der Waals surface area contributed by atoms with Crippen LogP contribution < -0.4 is 25.4 Å². The fraction of sp³-hybridized carbons (Fsp3) is 0.353. The van der Waals surface area contributed by atoms with E-state index in [2.05, 4.69) is 26.1 Å². The molecule has 25 heavy (non-hydrogen) atoms. The quantitative estimate of drug-likeness (QED) is 0.636. The van der Waals surface area contributed by atoms with Gasteiger partial charge < -0.3 is 20.1 Å². The van der Waals surface area contributed by atoms with Gasteiger partial charge in [0.2, 0.25) is 0 Å². The molecule has 1 aliphatic rings. The van der Waals surface area contributed by atoms with E-state index in [9.17, 15) is 4.79 Å². The van der Waals surface area contributed by atoms with Gasteiger partial charge in [0.1, 0.15) is 23.9 Å². The van der Waals surface area contributed by atoms with Crippen LogP contribution in [-0.4, -0.2) is 42.5 Å². The first-order valence-corrected chi connectivity index (χ1v) is 8.15. The van der Waals surface area contributed by atoms with Crippen molar-refractivity contribution >= 4 is 17.7 Å². The molecule has 2 aromatic rings. The molecule has 0 spiro atoms. The van der Waals surface area contributed by atoms with Crippen molar-refractivity contribution in [2.75, 3.05) is 30.9 Å². The maximum absolute atomic E-state index is 11.6. The van der Waals surface area contributed by atoms with E-state index in [-0.39, 0.29) is 6.03 Å². The minimum Gasteiger partial charge on any atom is -0.497 e. The van der Waals surface area contributed by atoms with Crippen molar-refractivity contribution in [2.24, 2.45) is 0 Å². The SMILES string of the molecule is COc1ccc(OCCNc2ccc(NC(=O)NC3CC3)nn2)cc1.